The van der Waals surface area contributed by atoms with E-state index >= 15 is 0 Å². The fraction of sp³-hybridized carbons (Fsp3) is 0.385. The number of benzene rings is 1. The summed E-state index contributed by atoms with van der Waals surface area (Å²) in [5.74, 6) is 0.356. The summed E-state index contributed by atoms with van der Waals surface area (Å²) in [5, 5.41) is 3.30. The standard InChI is InChI=1S/C13H16ClN3O/c1-8(2)7-15-12(18)9-4-5-11-10(6-9)16-13(14)17(11)3/h4-6,8H,7H2,1-3H3,(H,15,18). The van der Waals surface area contributed by atoms with Crippen LogP contribution in [-0.2, 0) is 7.05 Å². The number of carbonyl (C=O) groups excluding carboxylic acids is 1. The number of hydrogen-bond donors (Lipinski definition) is 1. The second kappa shape index (κ2) is 4.98. The molecule has 0 aliphatic carbocycles. The molecule has 1 N–H and O–H groups in total. The highest BCUT2D eigenvalue weighted by molar-refractivity contribution is 6.29. The highest BCUT2D eigenvalue weighted by atomic mass is 35.5. The van der Waals surface area contributed by atoms with E-state index < -0.39 is 0 Å². The Kier molecular flexibility index (Phi) is 3.57. The summed E-state index contributed by atoms with van der Waals surface area (Å²) in [7, 11) is 1.84. The number of nitrogens with one attached hydrogen (secondary N) is 1. The van der Waals surface area contributed by atoms with Gasteiger partial charge < -0.3 is 9.88 Å². The van der Waals surface area contributed by atoms with Gasteiger partial charge in [-0.15, -0.1) is 0 Å². The summed E-state index contributed by atoms with van der Waals surface area (Å²) in [6, 6.07) is 5.41. The number of hydrogen-bond acceptors (Lipinski definition) is 2. The molecule has 1 aromatic carbocycles. The van der Waals surface area contributed by atoms with Crippen molar-refractivity contribution >= 4 is 28.5 Å². The average Bonchev–Trinajstić information content (AvgIpc) is 2.61. The van der Waals surface area contributed by atoms with Crippen molar-refractivity contribution in [2.75, 3.05) is 6.54 Å². The van der Waals surface area contributed by atoms with Gasteiger partial charge in [0.25, 0.3) is 5.91 Å². The monoisotopic (exact) mass is 265 g/mol. The number of aryl methyl sites for hydroxylation is 1. The first-order valence-electron chi connectivity index (χ1n) is 5.89. The average molecular weight is 266 g/mol. The maximum atomic E-state index is 11.9. The molecule has 2 aromatic rings. The zero-order chi connectivity index (χ0) is 13.3. The number of fused-ring (bicyclic) bond motifs is 1. The summed E-state index contributed by atoms with van der Waals surface area (Å²) < 4.78 is 1.78. The summed E-state index contributed by atoms with van der Waals surface area (Å²) in [4.78, 5) is 16.1. The van der Waals surface area contributed by atoms with Crippen molar-refractivity contribution in [2.24, 2.45) is 13.0 Å². The van der Waals surface area contributed by atoms with Gasteiger partial charge in [-0.05, 0) is 35.7 Å². The minimum atomic E-state index is -0.0765. The molecule has 5 heteroatoms. The maximum absolute atomic E-state index is 11.9. The van der Waals surface area contributed by atoms with Crippen LogP contribution in [0.2, 0.25) is 5.28 Å². The lowest BCUT2D eigenvalue weighted by Crippen LogP contribution is -2.27. The van der Waals surface area contributed by atoms with Crippen molar-refractivity contribution in [3.8, 4) is 0 Å². The normalized spacial score (nSPS) is 11.2. The van der Waals surface area contributed by atoms with Crippen LogP contribution in [-0.4, -0.2) is 22.0 Å². The molecule has 1 aromatic heterocycles. The number of aromatic nitrogens is 2. The smallest absolute Gasteiger partial charge is 0.251 e. The van der Waals surface area contributed by atoms with Gasteiger partial charge in [-0.25, -0.2) is 4.98 Å². The van der Waals surface area contributed by atoms with Crippen LogP contribution in [0, 0.1) is 5.92 Å². The van der Waals surface area contributed by atoms with E-state index in [1.54, 1.807) is 16.7 Å². The molecule has 1 heterocycles. The zero-order valence-electron chi connectivity index (χ0n) is 10.7. The van der Waals surface area contributed by atoms with Crippen molar-refractivity contribution in [3.63, 3.8) is 0 Å². The maximum Gasteiger partial charge on any atom is 0.251 e. The number of halogens is 1. The first-order valence-corrected chi connectivity index (χ1v) is 6.27. The highest BCUT2D eigenvalue weighted by Gasteiger charge is 2.10. The molecular formula is C13H16ClN3O. The second-order valence-corrected chi connectivity index (χ2v) is 5.09. The molecule has 0 aliphatic heterocycles. The molecule has 0 saturated heterocycles. The first kappa shape index (κ1) is 12.9. The second-order valence-electron chi connectivity index (χ2n) is 4.75. The van der Waals surface area contributed by atoms with Crippen molar-refractivity contribution < 1.29 is 4.79 Å². The molecule has 0 atom stereocenters. The van der Waals surface area contributed by atoms with E-state index in [0.29, 0.717) is 23.3 Å². The Balaban J connectivity index is 2.27. The fourth-order valence-electron chi connectivity index (χ4n) is 1.71. The molecule has 0 saturated carbocycles. The number of imidazole rings is 1. The number of carbonyl (C=O) groups is 1. The lowest BCUT2D eigenvalue weighted by molar-refractivity contribution is 0.0949. The van der Waals surface area contributed by atoms with Crippen molar-refractivity contribution in [2.45, 2.75) is 13.8 Å². The van der Waals surface area contributed by atoms with E-state index in [9.17, 15) is 4.79 Å². The van der Waals surface area contributed by atoms with Crippen LogP contribution < -0.4 is 5.32 Å². The molecule has 1 amide bonds. The van der Waals surface area contributed by atoms with E-state index in [-0.39, 0.29) is 5.91 Å². The lowest BCUT2D eigenvalue weighted by Gasteiger charge is -2.07. The van der Waals surface area contributed by atoms with Gasteiger partial charge in [0, 0.05) is 19.2 Å². The molecule has 0 fully saturated rings. The Bertz CT molecular complexity index is 589. The van der Waals surface area contributed by atoms with Gasteiger partial charge >= 0.3 is 0 Å². The molecule has 0 bridgehead atoms. The van der Waals surface area contributed by atoms with E-state index in [1.165, 1.54) is 0 Å². The van der Waals surface area contributed by atoms with Crippen molar-refractivity contribution in [1.29, 1.82) is 0 Å². The Morgan fingerprint density at radius 1 is 1.50 bits per heavy atom. The molecule has 4 nitrogen and oxygen atoms in total. The topological polar surface area (TPSA) is 46.9 Å². The molecule has 0 spiro atoms. The highest BCUT2D eigenvalue weighted by Crippen LogP contribution is 2.19. The lowest BCUT2D eigenvalue weighted by atomic mass is 10.1. The van der Waals surface area contributed by atoms with Crippen molar-refractivity contribution in [3.05, 3.63) is 29.0 Å². The van der Waals surface area contributed by atoms with Crippen LogP contribution in [0.4, 0.5) is 0 Å². The zero-order valence-corrected chi connectivity index (χ0v) is 11.5. The van der Waals surface area contributed by atoms with E-state index in [4.69, 9.17) is 11.6 Å². The van der Waals surface area contributed by atoms with Gasteiger partial charge in [0.1, 0.15) is 0 Å². The van der Waals surface area contributed by atoms with Crippen LogP contribution in [0.25, 0.3) is 11.0 Å². The van der Waals surface area contributed by atoms with Gasteiger partial charge in [0.15, 0.2) is 0 Å². The third-order valence-electron chi connectivity index (χ3n) is 2.76. The number of nitrogens with zero attached hydrogens (tertiary/aromatic N) is 2. The fourth-order valence-corrected chi connectivity index (χ4v) is 1.89. The van der Waals surface area contributed by atoms with E-state index in [2.05, 4.69) is 24.1 Å². The van der Waals surface area contributed by atoms with Crippen LogP contribution >= 0.6 is 11.6 Å². The van der Waals surface area contributed by atoms with Gasteiger partial charge in [-0.3, -0.25) is 4.79 Å². The Morgan fingerprint density at radius 2 is 2.22 bits per heavy atom. The molecule has 2 rings (SSSR count). The van der Waals surface area contributed by atoms with Crippen LogP contribution in [0.5, 0.6) is 0 Å². The van der Waals surface area contributed by atoms with Crippen molar-refractivity contribution in [1.82, 2.24) is 14.9 Å². The largest absolute Gasteiger partial charge is 0.352 e. The predicted molar refractivity (Wildman–Crippen MR) is 72.9 cm³/mol. The van der Waals surface area contributed by atoms with E-state index in [0.717, 1.165) is 11.0 Å². The van der Waals surface area contributed by atoms with Gasteiger partial charge in [-0.1, -0.05) is 13.8 Å². The summed E-state index contributed by atoms with van der Waals surface area (Å²) in [6.07, 6.45) is 0. The first-order chi connectivity index (χ1) is 8.49. The third-order valence-corrected chi connectivity index (χ3v) is 3.10. The molecular weight excluding hydrogens is 250 g/mol. The molecule has 96 valence electrons. The summed E-state index contributed by atoms with van der Waals surface area (Å²) in [5.41, 5.74) is 2.26. The Morgan fingerprint density at radius 3 is 2.89 bits per heavy atom. The number of rotatable bonds is 3. The predicted octanol–water partition coefficient (Wildman–Crippen LogP) is 2.61. The SMILES string of the molecule is CC(C)CNC(=O)c1ccc2c(c1)nc(Cl)n2C. The quantitative estimate of drug-likeness (QED) is 0.927. The third kappa shape index (κ3) is 2.48. The summed E-state index contributed by atoms with van der Waals surface area (Å²) >= 11 is 5.94. The molecule has 0 aliphatic rings. The minimum Gasteiger partial charge on any atom is -0.352 e. The summed E-state index contributed by atoms with van der Waals surface area (Å²) in [6.45, 7) is 4.78. The van der Waals surface area contributed by atoms with Crippen LogP contribution in [0.15, 0.2) is 18.2 Å². The van der Waals surface area contributed by atoms with Crippen LogP contribution in [0.3, 0.4) is 0 Å². The van der Waals surface area contributed by atoms with Gasteiger partial charge in [-0.2, -0.15) is 0 Å². The van der Waals surface area contributed by atoms with E-state index in [1.807, 2.05) is 13.1 Å². The molecule has 0 radical (unpaired) electrons. The Hall–Kier alpha value is -1.55. The van der Waals surface area contributed by atoms with Crippen LogP contribution in [0.1, 0.15) is 24.2 Å². The minimum absolute atomic E-state index is 0.0765. The molecule has 18 heavy (non-hydrogen) atoms. The van der Waals surface area contributed by atoms with Gasteiger partial charge in [0.05, 0.1) is 11.0 Å². The number of amides is 1. The Labute approximate surface area is 111 Å². The van der Waals surface area contributed by atoms with Gasteiger partial charge in [0.2, 0.25) is 5.28 Å². The molecule has 0 unspecified atom stereocenters.